The number of hydrogen-bond acceptors (Lipinski definition) is 11. The minimum absolute atomic E-state index is 0.0184. The third-order valence-electron chi connectivity index (χ3n) is 9.35. The highest BCUT2D eigenvalue weighted by molar-refractivity contribution is 6.24. The van der Waals surface area contributed by atoms with E-state index in [-0.39, 0.29) is 29.7 Å². The van der Waals surface area contributed by atoms with Crippen molar-refractivity contribution in [2.45, 2.75) is 43.9 Å². The van der Waals surface area contributed by atoms with Crippen molar-refractivity contribution in [2.75, 3.05) is 52.8 Å². The summed E-state index contributed by atoms with van der Waals surface area (Å²) in [5, 5.41) is 49.0. The summed E-state index contributed by atoms with van der Waals surface area (Å²) in [5.74, 6) is -6.09. The van der Waals surface area contributed by atoms with Crippen molar-refractivity contribution in [1.82, 2.24) is 10.2 Å². The van der Waals surface area contributed by atoms with Crippen LogP contribution >= 0.6 is 0 Å². The molecule has 12 nitrogen and oxygen atoms in total. The van der Waals surface area contributed by atoms with Crippen LogP contribution in [0.1, 0.15) is 40.7 Å². The van der Waals surface area contributed by atoms with Crippen molar-refractivity contribution in [2.24, 2.45) is 23.5 Å². The van der Waals surface area contributed by atoms with Gasteiger partial charge in [0, 0.05) is 56.6 Å². The number of carbonyl (C=O) groups is 3. The van der Waals surface area contributed by atoms with Gasteiger partial charge in [-0.3, -0.25) is 19.3 Å². The zero-order valence-corrected chi connectivity index (χ0v) is 24.4. The van der Waals surface area contributed by atoms with Crippen LogP contribution < -0.4 is 16.0 Å². The Bertz CT molecular complexity index is 1390. The minimum atomic E-state index is -2.66. The van der Waals surface area contributed by atoms with Gasteiger partial charge in [0.25, 0.3) is 5.91 Å². The molecule has 0 spiro atoms. The van der Waals surface area contributed by atoms with Crippen molar-refractivity contribution in [3.8, 4) is 5.75 Å². The fourth-order valence-electron chi connectivity index (χ4n) is 7.25. The Kier molecular flexibility index (Phi) is 7.86. The molecule has 228 valence electrons. The number of rotatable bonds is 7. The van der Waals surface area contributed by atoms with Gasteiger partial charge in [-0.05, 0) is 69.8 Å². The van der Waals surface area contributed by atoms with E-state index in [1.165, 1.54) is 4.90 Å². The fraction of sp³-hybridized carbons (Fsp3) is 0.567. The van der Waals surface area contributed by atoms with Crippen LogP contribution in [-0.2, 0) is 27.3 Å². The van der Waals surface area contributed by atoms with E-state index in [9.17, 15) is 34.8 Å². The van der Waals surface area contributed by atoms with Crippen LogP contribution in [0.3, 0.4) is 0 Å². The minimum Gasteiger partial charge on any atom is -0.510 e. The molecule has 1 fully saturated rings. The Morgan fingerprint density at radius 2 is 1.81 bits per heavy atom. The van der Waals surface area contributed by atoms with Crippen LogP contribution in [0.15, 0.2) is 28.7 Å². The van der Waals surface area contributed by atoms with Gasteiger partial charge in [0.2, 0.25) is 5.78 Å². The number of anilines is 1. The van der Waals surface area contributed by atoms with E-state index < -0.39 is 58.0 Å². The molecule has 1 unspecified atom stereocenters. The number of amides is 1. The molecular formula is C30H40N4O8. The predicted octanol–water partition coefficient (Wildman–Crippen LogP) is 0.703. The predicted molar refractivity (Wildman–Crippen MR) is 153 cm³/mol. The average molecular weight is 585 g/mol. The lowest BCUT2D eigenvalue weighted by Crippen LogP contribution is -2.63. The molecule has 4 aliphatic rings. The third kappa shape index (κ3) is 4.57. The highest BCUT2D eigenvalue weighted by atomic mass is 16.5. The second kappa shape index (κ2) is 11.0. The Hall–Kier alpha value is -3.45. The zero-order chi connectivity index (χ0) is 30.7. The number of aromatic hydroxyl groups is 1. The first-order chi connectivity index (χ1) is 19.8. The van der Waals surface area contributed by atoms with Crippen molar-refractivity contribution >= 4 is 23.2 Å². The van der Waals surface area contributed by atoms with E-state index in [0.29, 0.717) is 23.6 Å². The number of aliphatic hydroxyl groups is 3. The number of phenols is 1. The van der Waals surface area contributed by atoms with Crippen molar-refractivity contribution in [3.63, 3.8) is 0 Å². The molecule has 12 heteroatoms. The highest BCUT2D eigenvalue weighted by Gasteiger charge is 2.63. The SMILES string of the molecule is CN(C)c1cc(CNCC2CCOCC2)c(O)c2c1C[C@H]1C[C@@H]3C(N(C)C)C(O)=C(C(N)=O)C(=O)[C@@]3(O)C(O)=C1C2=O. The average Bonchev–Trinajstić information content (AvgIpc) is 2.92. The summed E-state index contributed by atoms with van der Waals surface area (Å²) in [6, 6.07) is 0.827. The molecule has 42 heavy (non-hydrogen) atoms. The van der Waals surface area contributed by atoms with E-state index in [2.05, 4.69) is 5.32 Å². The lowest BCUT2D eigenvalue weighted by Gasteiger charge is -2.50. The Balaban J connectivity index is 1.58. The molecule has 1 aromatic carbocycles. The Morgan fingerprint density at radius 1 is 1.14 bits per heavy atom. The number of phenolic OH excluding ortho intramolecular Hbond substituents is 1. The summed E-state index contributed by atoms with van der Waals surface area (Å²) in [6.07, 6.45) is 2.18. The van der Waals surface area contributed by atoms with Crippen LogP contribution in [0, 0.1) is 17.8 Å². The van der Waals surface area contributed by atoms with E-state index in [1.54, 1.807) is 14.1 Å². The van der Waals surface area contributed by atoms with Gasteiger partial charge in [-0.1, -0.05) is 0 Å². The number of primary amides is 1. The smallest absolute Gasteiger partial charge is 0.255 e. The summed E-state index contributed by atoms with van der Waals surface area (Å²) < 4.78 is 5.42. The maximum Gasteiger partial charge on any atom is 0.255 e. The second-order valence-corrected chi connectivity index (χ2v) is 12.3. The number of nitrogens with one attached hydrogen (secondary N) is 1. The van der Waals surface area contributed by atoms with Crippen molar-refractivity contribution in [3.05, 3.63) is 45.4 Å². The molecule has 5 rings (SSSR count). The number of nitrogens with two attached hydrogens (primary N) is 1. The van der Waals surface area contributed by atoms with E-state index in [1.807, 2.05) is 25.1 Å². The Morgan fingerprint density at radius 3 is 2.40 bits per heavy atom. The maximum absolute atomic E-state index is 14.1. The molecule has 0 radical (unpaired) electrons. The number of allylic oxidation sites excluding steroid dienone is 1. The highest BCUT2D eigenvalue weighted by Crippen LogP contribution is 2.53. The molecule has 1 aromatic rings. The number of ketones is 2. The van der Waals surface area contributed by atoms with Crippen LogP contribution in [-0.4, -0.2) is 102 Å². The van der Waals surface area contributed by atoms with Gasteiger partial charge < -0.3 is 41.1 Å². The quantitative estimate of drug-likeness (QED) is 0.248. The molecule has 0 aromatic heterocycles. The summed E-state index contributed by atoms with van der Waals surface area (Å²) in [6.45, 7) is 2.47. The number of likely N-dealkylation sites (N-methyl/N-ethyl adjacent to an activating group) is 1. The summed E-state index contributed by atoms with van der Waals surface area (Å²) in [5.41, 5.74) is 3.63. The van der Waals surface area contributed by atoms with Gasteiger partial charge in [0.15, 0.2) is 11.4 Å². The normalized spacial score (nSPS) is 28.1. The summed E-state index contributed by atoms with van der Waals surface area (Å²) >= 11 is 0. The molecule has 0 bridgehead atoms. The third-order valence-corrected chi connectivity index (χ3v) is 9.35. The second-order valence-electron chi connectivity index (χ2n) is 12.3. The summed E-state index contributed by atoms with van der Waals surface area (Å²) in [4.78, 5) is 43.2. The van der Waals surface area contributed by atoms with Crippen LogP contribution in [0.25, 0.3) is 0 Å². The molecule has 7 N–H and O–H groups in total. The molecule has 0 saturated carbocycles. The molecular weight excluding hydrogens is 544 g/mol. The van der Waals surface area contributed by atoms with E-state index >= 15 is 0 Å². The van der Waals surface area contributed by atoms with Crippen LogP contribution in [0.2, 0.25) is 0 Å². The number of nitrogens with zero attached hydrogens (tertiary/aromatic N) is 2. The van der Waals surface area contributed by atoms with E-state index in [4.69, 9.17) is 10.5 Å². The summed E-state index contributed by atoms with van der Waals surface area (Å²) in [7, 11) is 6.89. The van der Waals surface area contributed by atoms with Gasteiger partial charge in [-0.15, -0.1) is 0 Å². The number of carbonyl (C=O) groups excluding carboxylic acids is 3. The van der Waals surface area contributed by atoms with Gasteiger partial charge in [-0.25, -0.2) is 0 Å². The van der Waals surface area contributed by atoms with Gasteiger partial charge >= 0.3 is 0 Å². The lowest BCUT2D eigenvalue weighted by molar-refractivity contribution is -0.148. The topological polar surface area (TPSA) is 186 Å². The van der Waals surface area contributed by atoms with Gasteiger partial charge in [0.1, 0.15) is 22.8 Å². The van der Waals surface area contributed by atoms with Gasteiger partial charge in [-0.2, -0.15) is 0 Å². The zero-order valence-electron chi connectivity index (χ0n) is 24.4. The first-order valence-corrected chi connectivity index (χ1v) is 14.3. The number of aliphatic hydroxyl groups excluding tert-OH is 2. The molecule has 1 saturated heterocycles. The Labute approximate surface area is 244 Å². The van der Waals surface area contributed by atoms with Crippen LogP contribution in [0.4, 0.5) is 5.69 Å². The largest absolute Gasteiger partial charge is 0.510 e. The number of hydrogen-bond donors (Lipinski definition) is 6. The molecule has 3 aliphatic carbocycles. The standard InChI is InChI=1S/C30H40N4O8/c1-33(2)19-11-16(13-32-12-14-5-7-42-8-6-14)24(35)21-17(19)9-15-10-18-23(34(3)4)26(37)22(29(31)40)28(39)30(18,41)27(38)20(15)25(21)36/h11,14-15,18,23,32,35,37-38,41H,5-10,12-13H2,1-4H3,(H2,31,40)/t15-,18+,23?,30-/m0/s1. The molecule has 1 heterocycles. The number of fused-ring (bicyclic) bond motifs is 3. The molecule has 4 atom stereocenters. The van der Waals surface area contributed by atoms with Crippen molar-refractivity contribution < 1.29 is 39.5 Å². The number of benzene rings is 1. The molecule has 1 aliphatic heterocycles. The number of ether oxygens (including phenoxy) is 1. The first-order valence-electron chi connectivity index (χ1n) is 14.3. The van der Waals surface area contributed by atoms with Gasteiger partial charge in [0.05, 0.1) is 11.6 Å². The van der Waals surface area contributed by atoms with E-state index in [0.717, 1.165) is 38.3 Å². The first kappa shape index (κ1) is 30.0. The number of Topliss-reactive ketones (excluding diaryl/α,β-unsaturated/α-hetero) is 2. The maximum atomic E-state index is 14.1. The van der Waals surface area contributed by atoms with Crippen molar-refractivity contribution in [1.29, 1.82) is 0 Å². The lowest BCUT2D eigenvalue weighted by atomic mass is 9.58. The monoisotopic (exact) mass is 584 g/mol. The fourth-order valence-corrected chi connectivity index (χ4v) is 7.25. The molecule has 1 amide bonds. The van der Waals surface area contributed by atoms with Crippen LogP contribution in [0.5, 0.6) is 5.75 Å².